The number of nitrogens with zero attached hydrogens (tertiary/aromatic N) is 1. The highest BCUT2D eigenvalue weighted by atomic mass is 32.2. The number of rotatable bonds is 34. The lowest BCUT2D eigenvalue weighted by atomic mass is 9.94. The maximum atomic E-state index is 12.7. The highest BCUT2D eigenvalue weighted by Crippen LogP contribution is 2.37. The van der Waals surface area contributed by atoms with Crippen LogP contribution in [0.15, 0.2) is 351 Å². The zero-order valence-electron chi connectivity index (χ0n) is 85.3. The molecule has 2 aromatic heterocycles. The van der Waals surface area contributed by atoms with Gasteiger partial charge in [-0.3, -0.25) is 19.2 Å². The fraction of sp³-hybridized carbons (Fsp3) is 0.208. The summed E-state index contributed by atoms with van der Waals surface area (Å²) >= 11 is 1.65. The van der Waals surface area contributed by atoms with E-state index in [1.807, 2.05) is 245 Å². The monoisotopic (exact) mass is 2020 g/mol. The van der Waals surface area contributed by atoms with Crippen LogP contribution in [-0.2, 0) is 20.0 Å². The second-order valence-corrected chi connectivity index (χ2v) is 40.5. The highest BCUT2D eigenvalue weighted by molar-refractivity contribution is 7.93. The predicted octanol–water partition coefficient (Wildman–Crippen LogP) is 31.6. The number of nitrogens with one attached hydrogen (secondary N) is 2. The molecule has 0 aliphatic carbocycles. The molecule has 147 heavy (non-hydrogen) atoms. The smallest absolute Gasteiger partial charge is 0.335 e. The summed E-state index contributed by atoms with van der Waals surface area (Å²) in [7, 11) is -5.08. The number of hydrogen-bond donors (Lipinski definition) is 7. The van der Waals surface area contributed by atoms with Crippen molar-refractivity contribution in [3.8, 4) is 105 Å². The number of carbonyl (C=O) groups is 6. The van der Waals surface area contributed by atoms with Crippen molar-refractivity contribution in [3.05, 3.63) is 429 Å². The fourth-order valence-electron chi connectivity index (χ4n) is 16.4. The highest BCUT2D eigenvalue weighted by Gasteiger charge is 2.20. The number of ketones is 1. The minimum atomic E-state index is -3.36. The van der Waals surface area contributed by atoms with Crippen molar-refractivity contribution < 1.29 is 75.9 Å². The van der Waals surface area contributed by atoms with Gasteiger partial charge in [0.2, 0.25) is 20.0 Å². The Hall–Kier alpha value is -15.8. The number of aromatic carboxylic acids is 5. The van der Waals surface area contributed by atoms with E-state index in [-0.39, 0.29) is 17.3 Å². The number of methoxy groups -OCH3 is 1. The number of anilines is 2. The molecule has 0 aliphatic heterocycles. The van der Waals surface area contributed by atoms with Gasteiger partial charge in [0.1, 0.15) is 5.75 Å². The summed E-state index contributed by atoms with van der Waals surface area (Å²) in [5, 5.41) is 46.8. The van der Waals surface area contributed by atoms with Gasteiger partial charge >= 0.3 is 29.8 Å². The maximum absolute atomic E-state index is 12.7. The van der Waals surface area contributed by atoms with Gasteiger partial charge in [0.05, 0.1) is 57.8 Å². The van der Waals surface area contributed by atoms with Crippen LogP contribution in [0.2, 0.25) is 0 Å². The quantitative estimate of drug-likeness (QED) is 0.0146. The molecule has 0 saturated carbocycles. The lowest BCUT2D eigenvalue weighted by Gasteiger charge is -2.15. The van der Waals surface area contributed by atoms with Crippen LogP contribution in [-0.4, -0.2) is 102 Å². The van der Waals surface area contributed by atoms with Gasteiger partial charge in [0, 0.05) is 22.8 Å². The molecule has 0 spiro atoms. The molecular weight excluding hydrogens is 1900 g/mol. The number of hydrogen-bond acceptors (Lipinski definition) is 13. The van der Waals surface area contributed by atoms with E-state index in [4.69, 9.17) is 30.3 Å². The van der Waals surface area contributed by atoms with Crippen LogP contribution in [0.25, 0.3) is 99.5 Å². The normalized spacial score (nSPS) is 10.7. The Morgan fingerprint density at radius 1 is 0.293 bits per heavy atom. The molecule has 0 radical (unpaired) electrons. The summed E-state index contributed by atoms with van der Waals surface area (Å²) in [5.74, 6) is -3.30. The number of unbranched alkanes of at least 4 members (excludes halogenated alkanes) is 10. The Kier molecular flexibility index (Phi) is 43.5. The van der Waals surface area contributed by atoms with E-state index in [1.54, 1.807) is 100 Å². The summed E-state index contributed by atoms with van der Waals surface area (Å²) < 4.78 is 61.2. The van der Waals surface area contributed by atoms with Gasteiger partial charge in [0.25, 0.3) is 0 Å². The molecule has 0 aliphatic rings. The van der Waals surface area contributed by atoms with Crippen molar-refractivity contribution in [1.82, 2.24) is 4.98 Å². The molecule has 0 amide bonds. The van der Waals surface area contributed by atoms with E-state index in [0.717, 1.165) is 159 Å². The standard InChI is InChI=1S/2C27H33NO2S.C16H14O3.C15H14O3.C15H14O2.C13H11NO2.C12H10O2S/c1-3-4-5-6-7-13-20-31(29,30)28-27-21-24(19-18-22(27)2)26-17-12-11-16-25(26)23-14-9-8-10-15-23;1-3-4-5-6-7-11-20-31(29,30)28-27-21-26(15-14-22(27)2)25-18-16-24(17-19-25)23-12-9-8-10-13-23;1-10-8-14(6-7-15(10)16(18)19)13-5-3-4-12(9-13)11(2)17;1-10-9-12(5-8-14(10)15(16)17)11-3-6-13(18-2)7-4-11;1-10-5-3-4-6-13(10)12-7-8-14(15(16)17)11(2)9-12;1-9-7-10(4-5-12(9)13(15)16)11-3-2-6-14-8-11;1-8-7-9(11-3-2-6-15-11)4-5-10(8)12(13)14/h8-12,14-19,21,28H,3-7,13,20H2,1-2H3;8-10,12-19,21,28H,3-7,11,20H2,1-2H3;3-9H,1-2H3,(H,18,19);3-9H,1-2H3,(H,16,17);3-9H,1-2H3,(H,16,17);2-8H,1H3,(H,15,16);2-7H,1H3,(H,13,14). The zero-order chi connectivity index (χ0) is 106. The molecule has 0 fully saturated rings. The number of carbonyl (C=O) groups excluding carboxylic acids is 1. The SMILES string of the molecule is CC(=O)c1cccc(-c2ccc(C(=O)O)c(C)c2)c1.CCCCCCCCS(=O)(=O)Nc1cc(-c2ccc(-c3ccccc3)cc2)ccc1C.CCCCCCCCS(=O)(=O)Nc1cc(-c2ccccc2-c2ccccc2)ccc1C.COc1ccc(-c2ccc(C(=O)O)c(C)c2)cc1.Cc1cc(-c2ccccc2C)ccc1C(=O)O.Cc1cc(-c2cccnc2)ccc1C(=O)O.Cc1cc(-c2cccs2)ccc1C(=O)O. The second kappa shape index (κ2) is 56.5. The first-order chi connectivity index (χ1) is 70.5. The minimum absolute atomic E-state index is 0.0146. The summed E-state index contributed by atoms with van der Waals surface area (Å²) in [4.78, 5) is 71.1. The summed E-state index contributed by atoms with van der Waals surface area (Å²) in [6.07, 6.45) is 16.2. The number of aromatic nitrogens is 1. The first-order valence-electron chi connectivity index (χ1n) is 49.0. The molecule has 0 unspecified atom stereocenters. The molecule has 0 saturated heterocycles. The number of sulfonamides is 2. The molecule has 2 heterocycles. The van der Waals surface area contributed by atoms with Crippen LogP contribution in [0, 0.1) is 55.4 Å². The van der Waals surface area contributed by atoms with Crippen molar-refractivity contribution >= 4 is 78.4 Å². The predicted molar refractivity (Wildman–Crippen MR) is 601 cm³/mol. The Labute approximate surface area is 869 Å². The Morgan fingerprint density at radius 3 is 1.05 bits per heavy atom. The Balaban J connectivity index is 0.000000179. The van der Waals surface area contributed by atoms with E-state index in [0.29, 0.717) is 63.2 Å². The number of carboxylic acid groups (broad SMARTS) is 5. The molecule has 16 rings (SSSR count). The third-order valence-corrected chi connectivity index (χ3v) is 28.4. The van der Waals surface area contributed by atoms with Gasteiger partial charge in [-0.05, 0) is 298 Å². The van der Waals surface area contributed by atoms with Gasteiger partial charge in [-0.25, -0.2) is 40.8 Å². The average Bonchev–Trinajstić information content (AvgIpc) is 1.28. The topological polar surface area (TPSA) is 318 Å². The third-order valence-electron chi connectivity index (χ3n) is 24.8. The number of carboxylic acids is 5. The van der Waals surface area contributed by atoms with E-state index in [9.17, 15) is 45.6 Å². The minimum Gasteiger partial charge on any atom is -0.497 e. The average molecular weight is 2030 g/mol. The number of pyridine rings is 1. The number of ether oxygens (including phenoxy) is 1. The molecule has 0 bridgehead atoms. The summed E-state index contributed by atoms with van der Waals surface area (Å²) in [6, 6.07) is 107. The van der Waals surface area contributed by atoms with Crippen LogP contribution in [0.3, 0.4) is 0 Å². The van der Waals surface area contributed by atoms with Gasteiger partial charge in [-0.15, -0.1) is 11.3 Å². The van der Waals surface area contributed by atoms with Crippen LogP contribution >= 0.6 is 11.3 Å². The van der Waals surface area contributed by atoms with Gasteiger partial charge in [-0.1, -0.05) is 333 Å². The van der Waals surface area contributed by atoms with Crippen molar-refractivity contribution in [2.45, 2.75) is 153 Å². The lowest BCUT2D eigenvalue weighted by molar-refractivity contribution is 0.0685. The van der Waals surface area contributed by atoms with Crippen molar-refractivity contribution in [1.29, 1.82) is 0 Å². The number of aryl methyl sites for hydroxylation is 8. The lowest BCUT2D eigenvalue weighted by Crippen LogP contribution is -2.17. The second-order valence-electron chi connectivity index (χ2n) is 35.9. The summed E-state index contributed by atoms with van der Waals surface area (Å²) in [5.41, 5.74) is 28.4. The van der Waals surface area contributed by atoms with Crippen LogP contribution < -0.4 is 14.2 Å². The number of Topliss-reactive ketones (excluding diaryl/α,β-unsaturated/α-hetero) is 1. The van der Waals surface area contributed by atoms with Crippen molar-refractivity contribution in [3.63, 3.8) is 0 Å². The maximum Gasteiger partial charge on any atom is 0.335 e. The summed E-state index contributed by atoms with van der Waals surface area (Å²) in [6.45, 7) is 20.8. The van der Waals surface area contributed by atoms with E-state index in [2.05, 4.69) is 108 Å². The molecule has 758 valence electrons. The molecular formula is C125H129N3O16S3. The molecule has 19 nitrogen and oxygen atoms in total. The van der Waals surface area contributed by atoms with Crippen LogP contribution in [0.1, 0.15) is 204 Å². The van der Waals surface area contributed by atoms with Gasteiger partial charge in [0.15, 0.2) is 5.78 Å². The molecule has 22 heteroatoms. The zero-order valence-corrected chi connectivity index (χ0v) is 87.7. The van der Waals surface area contributed by atoms with E-state index in [1.165, 1.54) is 56.6 Å². The molecule has 14 aromatic carbocycles. The first-order valence-corrected chi connectivity index (χ1v) is 53.2. The van der Waals surface area contributed by atoms with Crippen LogP contribution in [0.5, 0.6) is 5.75 Å². The molecule has 16 aromatic rings. The van der Waals surface area contributed by atoms with Crippen LogP contribution in [0.4, 0.5) is 11.4 Å². The van der Waals surface area contributed by atoms with E-state index < -0.39 is 49.9 Å². The van der Waals surface area contributed by atoms with Gasteiger partial charge < -0.3 is 30.3 Å². The Bertz CT molecular complexity index is 7360. The van der Waals surface area contributed by atoms with Crippen molar-refractivity contribution in [2.75, 3.05) is 28.1 Å². The number of thiophene rings is 1. The first kappa shape index (κ1) is 113. The third kappa shape index (κ3) is 34.8. The van der Waals surface area contributed by atoms with Crippen molar-refractivity contribution in [2.24, 2.45) is 0 Å². The largest absolute Gasteiger partial charge is 0.497 e. The Morgan fingerprint density at radius 2 is 0.619 bits per heavy atom. The molecule has 7 N–H and O–H groups in total. The fourth-order valence-corrected chi connectivity index (χ4v) is 19.6. The van der Waals surface area contributed by atoms with E-state index >= 15 is 0 Å². The van der Waals surface area contributed by atoms with Gasteiger partial charge in [-0.2, -0.15) is 0 Å². The number of benzene rings is 14. The molecule has 0 atom stereocenters.